The molecule has 5 rings (SSSR count). The summed E-state index contributed by atoms with van der Waals surface area (Å²) in [5.74, 6) is 4.00. The molecular weight excluding hydrogens is 647 g/mol. The number of H-pyrrole nitrogens is 1. The van der Waals surface area contributed by atoms with Gasteiger partial charge in [0.15, 0.2) is 25.5 Å². The topological polar surface area (TPSA) is 161 Å². The van der Waals surface area contributed by atoms with Crippen molar-refractivity contribution in [3.63, 3.8) is 0 Å². The van der Waals surface area contributed by atoms with E-state index >= 15 is 0 Å². The van der Waals surface area contributed by atoms with E-state index in [1.807, 2.05) is 32.2 Å². The molecule has 266 valence electrons. The Hall–Kier alpha value is -3.58. The van der Waals surface area contributed by atoms with E-state index in [0.29, 0.717) is 34.3 Å². The average molecular weight is 702 g/mol. The fourth-order valence-corrected chi connectivity index (χ4v) is 5.88. The second-order valence-corrected chi connectivity index (χ2v) is 18.0. The number of benzene rings is 1. The summed E-state index contributed by atoms with van der Waals surface area (Å²) < 4.78 is 45.4. The van der Waals surface area contributed by atoms with Gasteiger partial charge in [-0.3, -0.25) is 4.98 Å². The Morgan fingerprint density at radius 2 is 1.27 bits per heavy atom. The van der Waals surface area contributed by atoms with Gasteiger partial charge in [-0.05, 0) is 82.2 Å². The smallest absolute Gasteiger partial charge is 0.180 e. The first-order chi connectivity index (χ1) is 22.5. The van der Waals surface area contributed by atoms with Crippen LogP contribution in [0.5, 0.6) is 0 Å². The van der Waals surface area contributed by atoms with Crippen molar-refractivity contribution in [2.24, 2.45) is 5.92 Å². The van der Waals surface area contributed by atoms with Crippen molar-refractivity contribution in [2.75, 3.05) is 5.75 Å². The summed E-state index contributed by atoms with van der Waals surface area (Å²) in [6.07, 6.45) is 9.47. The monoisotopic (exact) mass is 701 g/mol. The number of rotatable bonds is 8. The van der Waals surface area contributed by atoms with Crippen LogP contribution in [0.3, 0.4) is 0 Å². The Labute approximate surface area is 288 Å². The van der Waals surface area contributed by atoms with Crippen LogP contribution in [0.1, 0.15) is 117 Å². The summed E-state index contributed by atoms with van der Waals surface area (Å²) >= 11 is 0. The van der Waals surface area contributed by atoms with E-state index in [1.165, 1.54) is 5.56 Å². The lowest BCUT2D eigenvalue weighted by molar-refractivity contribution is 0.583. The second kappa shape index (κ2) is 21.4. The molecule has 1 fully saturated rings. The zero-order chi connectivity index (χ0) is 36.3. The molecule has 1 aromatic carbocycles. The minimum Gasteiger partial charge on any atom is -0.264 e. The van der Waals surface area contributed by atoms with E-state index in [9.17, 15) is 16.8 Å². The van der Waals surface area contributed by atoms with Gasteiger partial charge in [0.1, 0.15) is 5.82 Å². The lowest BCUT2D eigenvalue weighted by Crippen LogP contribution is -2.18. The maximum absolute atomic E-state index is 11.5. The van der Waals surface area contributed by atoms with Gasteiger partial charge in [-0.2, -0.15) is 5.21 Å². The summed E-state index contributed by atoms with van der Waals surface area (Å²) in [5.41, 5.74) is 1.30. The Morgan fingerprint density at radius 1 is 0.688 bits per heavy atom. The minimum absolute atomic E-state index is 0.187. The highest BCUT2D eigenvalue weighted by Gasteiger charge is 2.29. The number of sulfone groups is 2. The molecule has 0 amide bonds. The third-order valence-corrected chi connectivity index (χ3v) is 11.4. The third kappa shape index (κ3) is 17.0. The fourth-order valence-electron chi connectivity index (χ4n) is 3.43. The lowest BCUT2D eigenvalue weighted by atomic mass is 10.1. The van der Waals surface area contributed by atoms with Crippen molar-refractivity contribution >= 4 is 19.7 Å². The normalized spacial score (nSPS) is 12.6. The Balaban J connectivity index is 0.000000302. The van der Waals surface area contributed by atoms with Crippen molar-refractivity contribution in [3.05, 3.63) is 90.5 Å². The highest BCUT2D eigenvalue weighted by molar-refractivity contribution is 7.92. The molecule has 1 aliphatic rings. The largest absolute Gasteiger partial charge is 0.264 e. The maximum Gasteiger partial charge on any atom is 0.180 e. The molecule has 0 atom stereocenters. The van der Waals surface area contributed by atoms with Crippen molar-refractivity contribution < 1.29 is 16.8 Å². The van der Waals surface area contributed by atoms with Crippen molar-refractivity contribution in [1.29, 1.82) is 0 Å². The van der Waals surface area contributed by atoms with Gasteiger partial charge in [0.25, 0.3) is 0 Å². The summed E-state index contributed by atoms with van der Waals surface area (Å²) in [4.78, 5) is 12.5. The number of aromatic amines is 1. The molecule has 3 aromatic heterocycles. The molecule has 0 aliphatic heterocycles. The van der Waals surface area contributed by atoms with Crippen LogP contribution in [0.2, 0.25) is 0 Å². The van der Waals surface area contributed by atoms with Crippen molar-refractivity contribution in [1.82, 2.24) is 35.6 Å². The highest BCUT2D eigenvalue weighted by atomic mass is 32.2. The van der Waals surface area contributed by atoms with Gasteiger partial charge >= 0.3 is 0 Å². The molecule has 1 saturated carbocycles. The van der Waals surface area contributed by atoms with Crippen LogP contribution in [0.4, 0.5) is 0 Å². The molecule has 4 aromatic rings. The number of hydrogen-bond donors (Lipinski definition) is 1. The van der Waals surface area contributed by atoms with Gasteiger partial charge in [0.2, 0.25) is 0 Å². The van der Waals surface area contributed by atoms with E-state index in [4.69, 9.17) is 0 Å². The second-order valence-electron chi connectivity index (χ2n) is 12.9. The summed E-state index contributed by atoms with van der Waals surface area (Å²) in [5, 5.41) is 12.8. The van der Waals surface area contributed by atoms with Crippen LogP contribution >= 0.6 is 0 Å². The Kier molecular flexibility index (Phi) is 18.9. The van der Waals surface area contributed by atoms with Crippen LogP contribution in [0.15, 0.2) is 78.2 Å². The Bertz CT molecular complexity index is 1550. The molecule has 3 heterocycles. The van der Waals surface area contributed by atoms with E-state index < -0.39 is 19.7 Å². The van der Waals surface area contributed by atoms with E-state index in [-0.39, 0.29) is 10.5 Å². The minimum atomic E-state index is -3.08. The quantitative estimate of drug-likeness (QED) is 0.199. The third-order valence-electron chi connectivity index (χ3n) is 6.91. The molecule has 13 heteroatoms. The van der Waals surface area contributed by atoms with Crippen LogP contribution in [0.25, 0.3) is 0 Å². The van der Waals surface area contributed by atoms with Gasteiger partial charge in [-0.15, -0.1) is 10.2 Å². The molecule has 0 unspecified atom stereocenters. The first-order valence-electron chi connectivity index (χ1n) is 16.4. The summed E-state index contributed by atoms with van der Waals surface area (Å²) in [6, 6.07) is 14.4. The molecule has 1 aliphatic carbocycles. The number of tetrazole rings is 1. The van der Waals surface area contributed by atoms with Crippen molar-refractivity contribution in [3.8, 4) is 0 Å². The predicted octanol–water partition coefficient (Wildman–Crippen LogP) is 7.22. The van der Waals surface area contributed by atoms with Crippen LogP contribution in [0, 0.1) is 5.92 Å². The lowest BCUT2D eigenvalue weighted by Gasteiger charge is -2.06. The number of pyridine rings is 1. The molecule has 11 nitrogen and oxygen atoms in total. The zero-order valence-electron chi connectivity index (χ0n) is 30.1. The summed E-state index contributed by atoms with van der Waals surface area (Å²) in [7, 11) is -5.81. The van der Waals surface area contributed by atoms with Crippen LogP contribution < -0.4 is 0 Å². The van der Waals surface area contributed by atoms with Gasteiger partial charge in [0, 0.05) is 36.6 Å². The Morgan fingerprint density at radius 3 is 1.60 bits per heavy atom. The fraction of sp³-hybridized carbons (Fsp3) is 0.543. The van der Waals surface area contributed by atoms with Crippen molar-refractivity contribution in [2.45, 2.75) is 115 Å². The molecular formula is C35H55N7O4S2. The van der Waals surface area contributed by atoms with Crippen LogP contribution in [-0.2, 0) is 19.7 Å². The molecule has 0 spiro atoms. The SMILES string of the molecule is CC(C)S(=O)(=O)CC1CC1.CC(C)S(=O)(=O)c1ccccc1.CC(C)c1cccnc1.CC(C)c1ncccn1.CC(C)c1nn[nH]n1. The molecule has 0 radical (unpaired) electrons. The number of nitrogens with one attached hydrogen (secondary N) is 1. The molecule has 0 bridgehead atoms. The zero-order valence-corrected chi connectivity index (χ0v) is 31.8. The van der Waals surface area contributed by atoms with Gasteiger partial charge < -0.3 is 0 Å². The standard InChI is InChI=1S/C9H12O2S.C8H11N.C7H10N2.C7H14O2S.C4H8N4/c1-8(2)12(10,11)9-6-4-3-5-7-9;1-7(2)8-4-3-5-9-6-8;1-6(2)7-8-4-3-5-9-7;1-6(2)10(8,9)5-7-3-4-7;1-3(2)4-5-7-8-6-4/h3-8H,1-2H3;3-7H,1-2H3;3-6H,1-2H3;6-7H,3-5H2,1-2H3;3H,1-2H3,(H,5,6,7,8). The maximum atomic E-state index is 11.5. The van der Waals surface area contributed by atoms with E-state index in [1.54, 1.807) is 76.6 Å². The number of nitrogens with zero attached hydrogens (tertiary/aromatic N) is 6. The average Bonchev–Trinajstić information content (AvgIpc) is 3.68. The number of aromatic nitrogens is 7. The first-order valence-corrected chi connectivity index (χ1v) is 19.7. The molecule has 48 heavy (non-hydrogen) atoms. The first kappa shape index (κ1) is 42.4. The molecule has 1 N–H and O–H groups in total. The predicted molar refractivity (Wildman–Crippen MR) is 193 cm³/mol. The van der Waals surface area contributed by atoms with E-state index in [0.717, 1.165) is 24.5 Å². The van der Waals surface area contributed by atoms with Gasteiger partial charge in [0.05, 0.1) is 21.1 Å². The highest BCUT2D eigenvalue weighted by Crippen LogP contribution is 2.31. The number of hydrogen-bond acceptors (Lipinski definition) is 10. The summed E-state index contributed by atoms with van der Waals surface area (Å²) in [6.45, 7) is 19.4. The van der Waals surface area contributed by atoms with Gasteiger partial charge in [-0.1, -0.05) is 71.0 Å². The van der Waals surface area contributed by atoms with Crippen LogP contribution in [-0.4, -0.2) is 68.7 Å². The van der Waals surface area contributed by atoms with Gasteiger partial charge in [-0.25, -0.2) is 26.8 Å². The molecule has 0 saturated heterocycles. The van der Waals surface area contributed by atoms with E-state index in [2.05, 4.69) is 69.3 Å².